The van der Waals surface area contributed by atoms with Crippen LogP contribution in [0.15, 0.2) is 0 Å². The molecule has 0 aromatic carbocycles. The summed E-state index contributed by atoms with van der Waals surface area (Å²) in [6.45, 7) is 4.42. The second-order valence-electron chi connectivity index (χ2n) is 5.32. The Kier molecular flexibility index (Phi) is 5.60. The monoisotopic (exact) mass is 271 g/mol. The first kappa shape index (κ1) is 14.8. The highest BCUT2D eigenvalue weighted by atomic mass is 16.7. The molecule has 0 aromatic rings. The number of unbranched alkanes of at least 4 members (excludes halogenated alkanes) is 1. The van der Waals surface area contributed by atoms with Gasteiger partial charge in [0.25, 0.3) is 0 Å². The van der Waals surface area contributed by atoms with E-state index in [1.165, 1.54) is 0 Å². The van der Waals surface area contributed by atoms with Gasteiger partial charge in [-0.3, -0.25) is 4.79 Å². The van der Waals surface area contributed by atoms with E-state index in [1.807, 2.05) is 0 Å². The Morgan fingerprint density at radius 2 is 2.00 bits per heavy atom. The third kappa shape index (κ3) is 4.44. The molecule has 0 bridgehead atoms. The zero-order valence-electron chi connectivity index (χ0n) is 11.8. The molecule has 19 heavy (non-hydrogen) atoms. The van der Waals surface area contributed by atoms with Gasteiger partial charge < -0.3 is 19.5 Å². The molecule has 1 spiro atoms. The maximum atomic E-state index is 11.5. The summed E-state index contributed by atoms with van der Waals surface area (Å²) in [7, 11) is 0. The molecule has 0 atom stereocenters. The van der Waals surface area contributed by atoms with Gasteiger partial charge in [0.15, 0.2) is 5.79 Å². The minimum Gasteiger partial charge on any atom is -0.368 e. The van der Waals surface area contributed by atoms with Gasteiger partial charge in [-0.1, -0.05) is 13.3 Å². The Balaban J connectivity index is 1.59. The number of amides is 1. The van der Waals surface area contributed by atoms with Crippen LogP contribution in [0.5, 0.6) is 0 Å². The van der Waals surface area contributed by atoms with E-state index in [0.29, 0.717) is 13.2 Å². The number of rotatable bonds is 6. The molecule has 1 saturated heterocycles. The average molecular weight is 271 g/mol. The molecule has 1 heterocycles. The average Bonchev–Trinajstić information content (AvgIpc) is 2.87. The van der Waals surface area contributed by atoms with Crippen LogP contribution in [0.2, 0.25) is 0 Å². The van der Waals surface area contributed by atoms with Crippen LogP contribution in [0, 0.1) is 0 Å². The molecule has 2 fully saturated rings. The molecule has 1 aliphatic carbocycles. The van der Waals surface area contributed by atoms with E-state index in [2.05, 4.69) is 12.2 Å². The number of hydrogen-bond acceptors (Lipinski definition) is 4. The van der Waals surface area contributed by atoms with Crippen molar-refractivity contribution in [3.63, 3.8) is 0 Å². The van der Waals surface area contributed by atoms with Crippen LogP contribution in [0.25, 0.3) is 0 Å². The number of carbonyl (C=O) groups is 1. The first-order valence-corrected chi connectivity index (χ1v) is 7.40. The Hall–Kier alpha value is -0.650. The largest absolute Gasteiger partial charge is 0.368 e. The van der Waals surface area contributed by atoms with Crippen molar-refractivity contribution in [3.8, 4) is 0 Å². The van der Waals surface area contributed by atoms with Crippen molar-refractivity contribution in [1.82, 2.24) is 5.32 Å². The topological polar surface area (TPSA) is 56.8 Å². The van der Waals surface area contributed by atoms with Crippen molar-refractivity contribution in [2.24, 2.45) is 0 Å². The molecule has 2 rings (SSSR count). The van der Waals surface area contributed by atoms with Crippen molar-refractivity contribution < 1.29 is 19.0 Å². The molecule has 110 valence electrons. The molecule has 1 amide bonds. The van der Waals surface area contributed by atoms with Crippen LogP contribution >= 0.6 is 0 Å². The lowest BCUT2D eigenvalue weighted by molar-refractivity contribution is -0.191. The quantitative estimate of drug-likeness (QED) is 0.746. The molecule has 0 aromatic heterocycles. The summed E-state index contributed by atoms with van der Waals surface area (Å²) in [5.74, 6) is -0.356. The van der Waals surface area contributed by atoms with Gasteiger partial charge in [0, 0.05) is 19.4 Å². The summed E-state index contributed by atoms with van der Waals surface area (Å²) in [5.41, 5.74) is 0. The molecule has 1 N–H and O–H groups in total. The van der Waals surface area contributed by atoms with Crippen LogP contribution < -0.4 is 5.32 Å². The second-order valence-corrected chi connectivity index (χ2v) is 5.32. The predicted molar refractivity (Wildman–Crippen MR) is 70.8 cm³/mol. The van der Waals surface area contributed by atoms with Gasteiger partial charge in [-0.2, -0.15) is 0 Å². The molecule has 0 radical (unpaired) electrons. The highest BCUT2D eigenvalue weighted by Crippen LogP contribution is 2.36. The van der Waals surface area contributed by atoms with E-state index < -0.39 is 0 Å². The van der Waals surface area contributed by atoms with E-state index in [1.54, 1.807) is 0 Å². The number of nitrogens with one attached hydrogen (secondary N) is 1. The lowest BCUT2D eigenvalue weighted by Gasteiger charge is -2.35. The lowest BCUT2D eigenvalue weighted by atomic mass is 9.92. The van der Waals surface area contributed by atoms with Crippen molar-refractivity contribution >= 4 is 5.91 Å². The third-order valence-electron chi connectivity index (χ3n) is 3.81. The Bertz CT molecular complexity index is 279. The lowest BCUT2D eigenvalue weighted by Crippen LogP contribution is -2.39. The van der Waals surface area contributed by atoms with Gasteiger partial charge in [0.1, 0.15) is 6.61 Å². The van der Waals surface area contributed by atoms with E-state index in [9.17, 15) is 4.79 Å². The van der Waals surface area contributed by atoms with E-state index in [0.717, 1.165) is 45.1 Å². The molecule has 5 nitrogen and oxygen atoms in total. The van der Waals surface area contributed by atoms with Crippen LogP contribution in [0.3, 0.4) is 0 Å². The highest BCUT2D eigenvalue weighted by Gasteiger charge is 2.40. The third-order valence-corrected chi connectivity index (χ3v) is 3.81. The molecule has 2 aliphatic rings. The molecule has 0 unspecified atom stereocenters. The van der Waals surface area contributed by atoms with E-state index in [4.69, 9.17) is 14.2 Å². The molecular formula is C14H25NO4. The smallest absolute Gasteiger partial charge is 0.246 e. The van der Waals surface area contributed by atoms with Crippen molar-refractivity contribution in [3.05, 3.63) is 0 Å². The van der Waals surface area contributed by atoms with Gasteiger partial charge in [0.05, 0.1) is 19.3 Å². The summed E-state index contributed by atoms with van der Waals surface area (Å²) in [6, 6.07) is 0. The Morgan fingerprint density at radius 3 is 2.63 bits per heavy atom. The fourth-order valence-corrected chi connectivity index (χ4v) is 2.63. The second kappa shape index (κ2) is 7.22. The minimum absolute atomic E-state index is 0.0119. The first-order valence-electron chi connectivity index (χ1n) is 7.40. The summed E-state index contributed by atoms with van der Waals surface area (Å²) in [4.78, 5) is 11.5. The maximum absolute atomic E-state index is 11.5. The van der Waals surface area contributed by atoms with Gasteiger partial charge in [-0.15, -0.1) is 0 Å². The van der Waals surface area contributed by atoms with Crippen molar-refractivity contribution in [1.29, 1.82) is 0 Å². The van der Waals surface area contributed by atoms with Crippen molar-refractivity contribution in [2.75, 3.05) is 26.4 Å². The molecule has 5 heteroatoms. The van der Waals surface area contributed by atoms with Crippen LogP contribution in [0.1, 0.15) is 45.4 Å². The minimum atomic E-state index is -0.344. The fraction of sp³-hybridized carbons (Fsp3) is 0.929. The SMILES string of the molecule is CCCCNC(=O)COC1CCC2(CC1)OCCO2. The van der Waals surface area contributed by atoms with Gasteiger partial charge in [0.2, 0.25) is 5.91 Å². The maximum Gasteiger partial charge on any atom is 0.246 e. The van der Waals surface area contributed by atoms with Crippen LogP contribution in [-0.4, -0.2) is 44.2 Å². The standard InChI is InChI=1S/C14H25NO4/c1-2-3-8-15-13(16)11-17-12-4-6-14(7-5-12)18-9-10-19-14/h12H,2-11H2,1H3,(H,15,16). The van der Waals surface area contributed by atoms with Gasteiger partial charge in [-0.25, -0.2) is 0 Å². The van der Waals surface area contributed by atoms with Gasteiger partial charge >= 0.3 is 0 Å². The first-order chi connectivity index (χ1) is 9.24. The molecule has 1 saturated carbocycles. The molecule has 1 aliphatic heterocycles. The van der Waals surface area contributed by atoms with Gasteiger partial charge in [-0.05, 0) is 19.3 Å². The Morgan fingerprint density at radius 1 is 1.32 bits per heavy atom. The normalized spacial score (nSPS) is 22.8. The van der Waals surface area contributed by atoms with Crippen molar-refractivity contribution in [2.45, 2.75) is 57.3 Å². The Labute approximate surface area is 115 Å². The van der Waals surface area contributed by atoms with Crippen LogP contribution in [0.4, 0.5) is 0 Å². The fourth-order valence-electron chi connectivity index (χ4n) is 2.63. The number of ether oxygens (including phenoxy) is 3. The number of hydrogen-bond donors (Lipinski definition) is 1. The molecular weight excluding hydrogens is 246 g/mol. The predicted octanol–water partition coefficient (Wildman–Crippen LogP) is 1.60. The van der Waals surface area contributed by atoms with Crippen LogP contribution in [-0.2, 0) is 19.0 Å². The zero-order valence-corrected chi connectivity index (χ0v) is 11.8. The summed E-state index contributed by atoms with van der Waals surface area (Å²) < 4.78 is 17.0. The van der Waals surface area contributed by atoms with E-state index >= 15 is 0 Å². The summed E-state index contributed by atoms with van der Waals surface area (Å²) in [6.07, 6.45) is 5.82. The summed E-state index contributed by atoms with van der Waals surface area (Å²) >= 11 is 0. The number of carbonyl (C=O) groups excluding carboxylic acids is 1. The zero-order chi connectivity index (χ0) is 13.6. The van der Waals surface area contributed by atoms with E-state index in [-0.39, 0.29) is 24.4 Å². The summed E-state index contributed by atoms with van der Waals surface area (Å²) in [5, 5.41) is 2.86. The highest BCUT2D eigenvalue weighted by molar-refractivity contribution is 5.77.